The van der Waals surface area contributed by atoms with Gasteiger partial charge in [-0.15, -0.1) is 5.10 Å². The number of H-pyrrole nitrogens is 1. The molecule has 0 aromatic carbocycles. The molecule has 0 radical (unpaired) electrons. The molecule has 116 valence electrons. The molecule has 2 fully saturated rings. The van der Waals surface area contributed by atoms with Gasteiger partial charge in [-0.05, 0) is 19.3 Å². The van der Waals surface area contributed by atoms with Gasteiger partial charge in [0, 0.05) is 24.9 Å². The monoisotopic (exact) mass is 292 g/mol. The molecule has 2 atom stereocenters. The molecule has 1 aromatic rings. The van der Waals surface area contributed by atoms with Gasteiger partial charge >= 0.3 is 0 Å². The Morgan fingerprint density at radius 2 is 2.24 bits per heavy atom. The van der Waals surface area contributed by atoms with Crippen molar-refractivity contribution in [1.82, 2.24) is 20.1 Å². The fourth-order valence-corrected chi connectivity index (χ4v) is 3.52. The predicted molar refractivity (Wildman–Crippen MR) is 77.9 cm³/mol. The number of rotatable bonds is 2. The van der Waals surface area contributed by atoms with Crippen LogP contribution in [0.15, 0.2) is 0 Å². The summed E-state index contributed by atoms with van der Waals surface area (Å²) < 4.78 is 0. The molecule has 3 rings (SSSR count). The smallest absolute Gasteiger partial charge is 0.293 e. The van der Waals surface area contributed by atoms with Crippen molar-refractivity contribution in [3.8, 4) is 0 Å². The fraction of sp³-hybridized carbons (Fsp3) is 0.800. The molecule has 1 aliphatic heterocycles. The third-order valence-electron chi connectivity index (χ3n) is 4.96. The standard InChI is InChI=1S/C15H24N4O2/c1-10(2)12-16-13(18-17-12)14(20)19-8-7-15(21)6-4-3-5-11(15)9-19/h10-11,21H,3-9H2,1-2H3,(H,16,17,18). The topological polar surface area (TPSA) is 82.1 Å². The van der Waals surface area contributed by atoms with Gasteiger partial charge in [-0.3, -0.25) is 9.89 Å². The molecule has 1 saturated carbocycles. The highest BCUT2D eigenvalue weighted by Crippen LogP contribution is 2.39. The Bertz CT molecular complexity index is 527. The highest BCUT2D eigenvalue weighted by molar-refractivity contribution is 5.90. The molecule has 2 N–H and O–H groups in total. The summed E-state index contributed by atoms with van der Waals surface area (Å²) in [7, 11) is 0. The molecule has 2 unspecified atom stereocenters. The van der Waals surface area contributed by atoms with Crippen molar-refractivity contribution in [1.29, 1.82) is 0 Å². The maximum absolute atomic E-state index is 12.5. The van der Waals surface area contributed by atoms with Crippen LogP contribution in [0.3, 0.4) is 0 Å². The summed E-state index contributed by atoms with van der Waals surface area (Å²) in [6.07, 6.45) is 4.79. The molecule has 6 nitrogen and oxygen atoms in total. The summed E-state index contributed by atoms with van der Waals surface area (Å²) in [5.41, 5.74) is -0.558. The van der Waals surface area contributed by atoms with E-state index in [-0.39, 0.29) is 23.6 Å². The SMILES string of the molecule is CC(C)c1nc(C(=O)N2CCC3(O)CCCCC3C2)n[nH]1. The average Bonchev–Trinajstić information content (AvgIpc) is 2.95. The zero-order valence-corrected chi connectivity index (χ0v) is 12.8. The van der Waals surface area contributed by atoms with E-state index in [0.29, 0.717) is 19.5 Å². The molecule has 0 bridgehead atoms. The van der Waals surface area contributed by atoms with E-state index in [0.717, 1.165) is 31.5 Å². The van der Waals surface area contributed by atoms with Gasteiger partial charge in [0.15, 0.2) is 0 Å². The number of nitrogens with one attached hydrogen (secondary N) is 1. The molecule has 2 aliphatic rings. The van der Waals surface area contributed by atoms with Crippen LogP contribution < -0.4 is 0 Å². The number of carbonyl (C=O) groups excluding carboxylic acids is 1. The number of aromatic amines is 1. The first kappa shape index (κ1) is 14.5. The first-order valence-corrected chi connectivity index (χ1v) is 7.93. The number of carbonyl (C=O) groups is 1. The zero-order chi connectivity index (χ0) is 15.0. The minimum absolute atomic E-state index is 0.120. The highest BCUT2D eigenvalue weighted by atomic mass is 16.3. The second-order valence-electron chi connectivity index (χ2n) is 6.75. The van der Waals surface area contributed by atoms with Gasteiger partial charge in [0.05, 0.1) is 5.60 Å². The Kier molecular flexibility index (Phi) is 3.73. The largest absolute Gasteiger partial charge is 0.389 e. The molecule has 1 aromatic heterocycles. The van der Waals surface area contributed by atoms with Crippen molar-refractivity contribution in [2.24, 2.45) is 5.92 Å². The maximum atomic E-state index is 12.5. The van der Waals surface area contributed by atoms with Crippen LogP contribution in [-0.2, 0) is 0 Å². The molecular weight excluding hydrogens is 268 g/mol. The van der Waals surface area contributed by atoms with Crippen LogP contribution in [0.25, 0.3) is 0 Å². The summed E-state index contributed by atoms with van der Waals surface area (Å²) in [5.74, 6) is 1.30. The van der Waals surface area contributed by atoms with Gasteiger partial charge in [0.25, 0.3) is 5.91 Å². The van der Waals surface area contributed by atoms with E-state index in [1.165, 1.54) is 0 Å². The number of aliphatic hydroxyl groups is 1. The molecular formula is C15H24N4O2. The summed E-state index contributed by atoms with van der Waals surface area (Å²) >= 11 is 0. The van der Waals surface area contributed by atoms with Crippen LogP contribution in [0.4, 0.5) is 0 Å². The van der Waals surface area contributed by atoms with Crippen molar-refractivity contribution in [3.63, 3.8) is 0 Å². The van der Waals surface area contributed by atoms with Crippen molar-refractivity contribution < 1.29 is 9.90 Å². The molecule has 1 amide bonds. The van der Waals surface area contributed by atoms with Gasteiger partial charge in [0.2, 0.25) is 5.82 Å². The van der Waals surface area contributed by atoms with Crippen molar-refractivity contribution in [2.75, 3.05) is 13.1 Å². The first-order chi connectivity index (χ1) is 9.99. The molecule has 1 saturated heterocycles. The van der Waals surface area contributed by atoms with Gasteiger partial charge in [-0.25, -0.2) is 4.98 Å². The number of hydrogen-bond acceptors (Lipinski definition) is 4. The molecule has 0 spiro atoms. The van der Waals surface area contributed by atoms with Crippen LogP contribution in [0, 0.1) is 5.92 Å². The second kappa shape index (κ2) is 5.40. The zero-order valence-electron chi connectivity index (χ0n) is 12.8. The lowest BCUT2D eigenvalue weighted by molar-refractivity contribution is -0.0887. The Labute approximate surface area is 124 Å². The van der Waals surface area contributed by atoms with Crippen molar-refractivity contribution >= 4 is 5.91 Å². The number of hydrogen-bond donors (Lipinski definition) is 2. The highest BCUT2D eigenvalue weighted by Gasteiger charge is 2.44. The van der Waals surface area contributed by atoms with Gasteiger partial charge in [0.1, 0.15) is 5.82 Å². The number of aromatic nitrogens is 3. The molecule has 2 heterocycles. The fourth-order valence-electron chi connectivity index (χ4n) is 3.52. The summed E-state index contributed by atoms with van der Waals surface area (Å²) in [4.78, 5) is 18.6. The van der Waals surface area contributed by atoms with E-state index in [9.17, 15) is 9.90 Å². The quantitative estimate of drug-likeness (QED) is 0.869. The number of piperidine rings is 1. The number of amides is 1. The third kappa shape index (κ3) is 2.69. The van der Waals surface area contributed by atoms with Crippen LogP contribution in [-0.4, -0.2) is 49.8 Å². The molecule has 21 heavy (non-hydrogen) atoms. The van der Waals surface area contributed by atoms with E-state index in [1.807, 2.05) is 13.8 Å². The van der Waals surface area contributed by atoms with Gasteiger partial charge in [-0.2, -0.15) is 0 Å². The Hall–Kier alpha value is -1.43. The van der Waals surface area contributed by atoms with E-state index in [2.05, 4.69) is 15.2 Å². The average molecular weight is 292 g/mol. The van der Waals surface area contributed by atoms with Crippen molar-refractivity contribution in [3.05, 3.63) is 11.6 Å². The maximum Gasteiger partial charge on any atom is 0.293 e. The van der Waals surface area contributed by atoms with E-state index < -0.39 is 5.60 Å². The Balaban J connectivity index is 1.71. The summed E-state index contributed by atoms with van der Waals surface area (Å²) in [6.45, 7) is 5.24. The normalized spacial score (nSPS) is 29.5. The van der Waals surface area contributed by atoms with E-state index in [1.54, 1.807) is 4.90 Å². The van der Waals surface area contributed by atoms with Crippen LogP contribution in [0.2, 0.25) is 0 Å². The van der Waals surface area contributed by atoms with Crippen molar-refractivity contribution in [2.45, 2.75) is 57.5 Å². The lowest BCUT2D eigenvalue weighted by Crippen LogP contribution is -2.54. The second-order valence-corrected chi connectivity index (χ2v) is 6.75. The van der Waals surface area contributed by atoms with Gasteiger partial charge in [-0.1, -0.05) is 26.7 Å². The minimum Gasteiger partial charge on any atom is -0.389 e. The Morgan fingerprint density at radius 1 is 1.43 bits per heavy atom. The van der Waals surface area contributed by atoms with Gasteiger partial charge < -0.3 is 10.0 Å². The third-order valence-corrected chi connectivity index (χ3v) is 4.96. The molecule has 1 aliphatic carbocycles. The van der Waals surface area contributed by atoms with Crippen LogP contribution in [0.5, 0.6) is 0 Å². The van der Waals surface area contributed by atoms with Crippen LogP contribution in [0.1, 0.15) is 68.3 Å². The molecule has 6 heteroatoms. The summed E-state index contributed by atoms with van der Waals surface area (Å²) in [5, 5.41) is 17.5. The first-order valence-electron chi connectivity index (χ1n) is 7.93. The Morgan fingerprint density at radius 3 is 2.95 bits per heavy atom. The number of likely N-dealkylation sites (tertiary alicyclic amines) is 1. The van der Waals surface area contributed by atoms with E-state index >= 15 is 0 Å². The lowest BCUT2D eigenvalue weighted by Gasteiger charge is -2.47. The minimum atomic E-state index is -0.558. The van der Waals surface area contributed by atoms with E-state index in [4.69, 9.17) is 0 Å². The lowest BCUT2D eigenvalue weighted by atomic mass is 9.71. The predicted octanol–water partition coefficient (Wildman–Crippen LogP) is 1.70. The summed E-state index contributed by atoms with van der Waals surface area (Å²) in [6, 6.07) is 0. The number of nitrogens with zero attached hydrogens (tertiary/aromatic N) is 3. The number of fused-ring (bicyclic) bond motifs is 1. The van der Waals surface area contributed by atoms with Crippen LogP contribution >= 0.6 is 0 Å².